The van der Waals surface area contributed by atoms with Crippen molar-refractivity contribution < 1.29 is 0 Å². The lowest BCUT2D eigenvalue weighted by atomic mass is 9.76. The molecule has 2 nitrogen and oxygen atoms in total. The van der Waals surface area contributed by atoms with Gasteiger partial charge >= 0.3 is 0 Å². The molecule has 3 heteroatoms. The molecule has 1 aliphatic rings. The van der Waals surface area contributed by atoms with Crippen LogP contribution in [0.1, 0.15) is 37.1 Å². The van der Waals surface area contributed by atoms with Crippen molar-refractivity contribution in [1.82, 2.24) is 4.98 Å². The monoisotopic (exact) mass is 242 g/mol. The average molecular weight is 242 g/mol. The van der Waals surface area contributed by atoms with Gasteiger partial charge in [0, 0.05) is 0 Å². The third kappa shape index (κ3) is 1.73. The van der Waals surface area contributed by atoms with E-state index in [1.165, 1.54) is 11.1 Å². The van der Waals surface area contributed by atoms with E-state index in [-0.39, 0.29) is 5.41 Å². The summed E-state index contributed by atoms with van der Waals surface area (Å²) in [6.45, 7) is 0. The number of nitriles is 1. The molecule has 0 N–H and O–H groups in total. The van der Waals surface area contributed by atoms with Crippen molar-refractivity contribution >= 4 is 21.6 Å². The van der Waals surface area contributed by atoms with Gasteiger partial charge in [-0.15, -0.1) is 11.3 Å². The molecule has 0 spiro atoms. The highest BCUT2D eigenvalue weighted by atomic mass is 32.1. The molecule has 1 aliphatic carbocycles. The largest absolute Gasteiger partial charge is 0.239 e. The quantitative estimate of drug-likeness (QED) is 0.757. The van der Waals surface area contributed by atoms with E-state index in [2.05, 4.69) is 17.1 Å². The van der Waals surface area contributed by atoms with Crippen LogP contribution in [0, 0.1) is 11.3 Å². The van der Waals surface area contributed by atoms with Crippen LogP contribution in [0.15, 0.2) is 24.3 Å². The fourth-order valence-electron chi connectivity index (χ4n) is 2.61. The van der Waals surface area contributed by atoms with Crippen LogP contribution in [-0.4, -0.2) is 4.98 Å². The molecule has 0 atom stereocenters. The molecule has 0 radical (unpaired) electrons. The van der Waals surface area contributed by atoms with E-state index in [0.29, 0.717) is 0 Å². The summed E-state index contributed by atoms with van der Waals surface area (Å²) in [7, 11) is 0. The molecule has 0 unspecified atom stereocenters. The third-order valence-corrected chi connectivity index (χ3v) is 4.86. The molecule has 17 heavy (non-hydrogen) atoms. The number of rotatable bonds is 1. The van der Waals surface area contributed by atoms with Gasteiger partial charge in [0.05, 0.1) is 16.3 Å². The van der Waals surface area contributed by atoms with Gasteiger partial charge in [-0.25, -0.2) is 4.98 Å². The van der Waals surface area contributed by atoms with Crippen LogP contribution in [0.3, 0.4) is 0 Å². The molecule has 0 amide bonds. The Balaban J connectivity index is 2.10. The molecule has 1 fully saturated rings. The van der Waals surface area contributed by atoms with Crippen LogP contribution in [-0.2, 0) is 5.41 Å². The minimum atomic E-state index is -0.304. The molecule has 2 aromatic rings. The van der Waals surface area contributed by atoms with Crippen molar-refractivity contribution in [3.63, 3.8) is 0 Å². The lowest BCUT2D eigenvalue weighted by Crippen LogP contribution is -2.26. The fraction of sp³-hybridized carbons (Fsp3) is 0.429. The number of nitrogens with zero attached hydrogens (tertiary/aromatic N) is 2. The zero-order valence-electron chi connectivity index (χ0n) is 9.65. The second-order valence-corrected chi connectivity index (χ2v) is 5.77. The summed E-state index contributed by atoms with van der Waals surface area (Å²) in [5.41, 5.74) is 0.731. The van der Waals surface area contributed by atoms with E-state index in [4.69, 9.17) is 0 Å². The van der Waals surface area contributed by atoms with Crippen molar-refractivity contribution in [2.24, 2.45) is 0 Å². The predicted octanol–water partition coefficient (Wildman–Crippen LogP) is 4.02. The van der Waals surface area contributed by atoms with Gasteiger partial charge < -0.3 is 0 Å². The number of benzene rings is 1. The zero-order valence-corrected chi connectivity index (χ0v) is 10.5. The first-order chi connectivity index (χ1) is 8.34. The van der Waals surface area contributed by atoms with Gasteiger partial charge in [0.1, 0.15) is 10.4 Å². The highest BCUT2D eigenvalue weighted by molar-refractivity contribution is 7.18. The summed E-state index contributed by atoms with van der Waals surface area (Å²) in [5, 5.41) is 10.6. The normalized spacial score (nSPS) is 19.0. The summed E-state index contributed by atoms with van der Waals surface area (Å²) >= 11 is 1.69. The molecule has 86 valence electrons. The fourth-order valence-corrected chi connectivity index (χ4v) is 3.77. The van der Waals surface area contributed by atoms with Crippen molar-refractivity contribution in [2.75, 3.05) is 0 Å². The lowest BCUT2D eigenvalue weighted by Gasteiger charge is -2.28. The summed E-state index contributed by atoms with van der Waals surface area (Å²) in [6.07, 6.45) is 5.52. The minimum absolute atomic E-state index is 0.304. The van der Waals surface area contributed by atoms with Crippen molar-refractivity contribution in [2.45, 2.75) is 37.5 Å². The first-order valence-corrected chi connectivity index (χ1v) is 6.93. The van der Waals surface area contributed by atoms with E-state index in [1.54, 1.807) is 11.3 Å². The first-order valence-electron chi connectivity index (χ1n) is 6.11. The van der Waals surface area contributed by atoms with E-state index in [9.17, 15) is 5.26 Å². The van der Waals surface area contributed by atoms with Crippen molar-refractivity contribution in [1.29, 1.82) is 5.26 Å². The Morgan fingerprint density at radius 2 is 1.94 bits per heavy atom. The number of fused-ring (bicyclic) bond motifs is 1. The Morgan fingerprint density at radius 1 is 1.18 bits per heavy atom. The smallest absolute Gasteiger partial charge is 0.114 e. The highest BCUT2D eigenvalue weighted by Gasteiger charge is 2.36. The second-order valence-electron chi connectivity index (χ2n) is 4.74. The highest BCUT2D eigenvalue weighted by Crippen LogP contribution is 2.41. The van der Waals surface area contributed by atoms with E-state index < -0.39 is 0 Å². The maximum atomic E-state index is 9.54. The van der Waals surface area contributed by atoms with Crippen LogP contribution >= 0.6 is 11.3 Å². The van der Waals surface area contributed by atoms with Gasteiger partial charge in [-0.3, -0.25) is 0 Å². The first kappa shape index (κ1) is 10.7. The van der Waals surface area contributed by atoms with Crippen molar-refractivity contribution in [3.8, 4) is 6.07 Å². The average Bonchev–Trinajstić information content (AvgIpc) is 2.84. The molecule has 1 saturated carbocycles. The van der Waals surface area contributed by atoms with E-state index >= 15 is 0 Å². The summed E-state index contributed by atoms with van der Waals surface area (Å²) < 4.78 is 1.20. The molecule has 0 aliphatic heterocycles. The second kappa shape index (κ2) is 4.12. The van der Waals surface area contributed by atoms with Crippen LogP contribution in [0.5, 0.6) is 0 Å². The van der Waals surface area contributed by atoms with E-state index in [1.807, 2.05) is 18.2 Å². The number of hydrogen-bond donors (Lipinski definition) is 0. The van der Waals surface area contributed by atoms with Crippen LogP contribution < -0.4 is 0 Å². The van der Waals surface area contributed by atoms with Gasteiger partial charge in [-0.1, -0.05) is 31.4 Å². The Kier molecular flexibility index (Phi) is 2.60. The van der Waals surface area contributed by atoms with Gasteiger partial charge in [0.2, 0.25) is 0 Å². The van der Waals surface area contributed by atoms with Gasteiger partial charge in [-0.2, -0.15) is 5.26 Å². The number of aromatic nitrogens is 1. The Labute approximate surface area is 105 Å². The van der Waals surface area contributed by atoms with Crippen LogP contribution in [0.25, 0.3) is 10.2 Å². The van der Waals surface area contributed by atoms with Crippen LogP contribution in [0.2, 0.25) is 0 Å². The summed E-state index contributed by atoms with van der Waals surface area (Å²) in [4.78, 5) is 4.68. The van der Waals surface area contributed by atoms with Gasteiger partial charge in [0.25, 0.3) is 0 Å². The standard InChI is InChI=1S/C14H14N2S/c15-10-14(8-4-1-5-9-14)13-16-11-6-2-3-7-12(11)17-13/h2-3,6-7H,1,4-5,8-9H2. The van der Waals surface area contributed by atoms with Gasteiger partial charge in [0.15, 0.2) is 0 Å². The van der Waals surface area contributed by atoms with Gasteiger partial charge in [-0.05, 0) is 25.0 Å². The maximum Gasteiger partial charge on any atom is 0.114 e. The third-order valence-electron chi connectivity index (χ3n) is 3.62. The molecular weight excluding hydrogens is 228 g/mol. The van der Waals surface area contributed by atoms with Crippen molar-refractivity contribution in [3.05, 3.63) is 29.3 Å². The Morgan fingerprint density at radius 3 is 2.65 bits per heavy atom. The minimum Gasteiger partial charge on any atom is -0.239 e. The molecule has 1 aromatic heterocycles. The zero-order chi connectivity index (χ0) is 11.7. The van der Waals surface area contributed by atoms with E-state index in [0.717, 1.165) is 36.2 Å². The number of thiazole rings is 1. The molecule has 1 heterocycles. The molecule has 1 aromatic carbocycles. The Bertz CT molecular complexity index is 540. The maximum absolute atomic E-state index is 9.54. The summed E-state index contributed by atoms with van der Waals surface area (Å²) in [6, 6.07) is 10.7. The topological polar surface area (TPSA) is 36.7 Å². The molecular formula is C14H14N2S. The SMILES string of the molecule is N#CC1(c2nc3ccccc3s2)CCCCC1. The Hall–Kier alpha value is -1.40. The molecule has 0 bridgehead atoms. The van der Waals surface area contributed by atoms with Crippen LogP contribution in [0.4, 0.5) is 0 Å². The number of para-hydroxylation sites is 1. The molecule has 3 rings (SSSR count). The number of hydrogen-bond acceptors (Lipinski definition) is 3. The lowest BCUT2D eigenvalue weighted by molar-refractivity contribution is 0.365. The predicted molar refractivity (Wildman–Crippen MR) is 70.0 cm³/mol. The summed E-state index contributed by atoms with van der Waals surface area (Å²) in [5.74, 6) is 0. The molecule has 0 saturated heterocycles.